The van der Waals surface area contributed by atoms with Gasteiger partial charge in [0.25, 0.3) is 0 Å². The van der Waals surface area contributed by atoms with Gasteiger partial charge in [0.1, 0.15) is 5.75 Å². The molecule has 0 saturated carbocycles. The second-order valence-corrected chi connectivity index (χ2v) is 6.89. The molecular formula is C22H27N3O3. The summed E-state index contributed by atoms with van der Waals surface area (Å²) < 4.78 is 5.54. The fourth-order valence-electron chi connectivity index (χ4n) is 3.34. The van der Waals surface area contributed by atoms with Crippen LogP contribution < -0.4 is 10.1 Å². The summed E-state index contributed by atoms with van der Waals surface area (Å²) in [5, 5.41) is 3.33. The highest BCUT2D eigenvalue weighted by atomic mass is 16.5. The van der Waals surface area contributed by atoms with Gasteiger partial charge in [-0.25, -0.2) is 0 Å². The zero-order valence-corrected chi connectivity index (χ0v) is 16.3. The third kappa shape index (κ3) is 5.16. The fraction of sp³-hybridized carbons (Fsp3) is 0.409. The molecule has 1 aromatic heterocycles. The Kier molecular flexibility index (Phi) is 7.14. The lowest BCUT2D eigenvalue weighted by Crippen LogP contribution is -2.48. The predicted molar refractivity (Wildman–Crippen MR) is 107 cm³/mol. The van der Waals surface area contributed by atoms with E-state index in [-0.39, 0.29) is 30.6 Å². The van der Waals surface area contributed by atoms with E-state index in [1.165, 1.54) is 0 Å². The van der Waals surface area contributed by atoms with E-state index < -0.39 is 0 Å². The zero-order valence-electron chi connectivity index (χ0n) is 16.3. The lowest BCUT2D eigenvalue weighted by Gasteiger charge is -2.36. The van der Waals surface area contributed by atoms with Crippen molar-refractivity contribution < 1.29 is 14.3 Å². The summed E-state index contributed by atoms with van der Waals surface area (Å²) >= 11 is 0. The minimum atomic E-state index is -0.0416. The maximum Gasteiger partial charge on any atom is 0.223 e. The van der Waals surface area contributed by atoms with Crippen LogP contribution in [0.3, 0.4) is 0 Å². The first-order valence-electron chi connectivity index (χ1n) is 9.85. The Labute approximate surface area is 165 Å². The van der Waals surface area contributed by atoms with E-state index in [0.29, 0.717) is 25.3 Å². The molecule has 1 amide bonds. The Morgan fingerprint density at radius 2 is 2.04 bits per heavy atom. The quantitative estimate of drug-likeness (QED) is 0.712. The Morgan fingerprint density at radius 1 is 1.21 bits per heavy atom. The lowest BCUT2D eigenvalue weighted by molar-refractivity contribution is -0.134. The molecule has 0 bridgehead atoms. The Bertz CT molecular complexity index is 777. The summed E-state index contributed by atoms with van der Waals surface area (Å²) in [6.45, 7) is 4.80. The van der Waals surface area contributed by atoms with Crippen molar-refractivity contribution in [1.29, 1.82) is 0 Å². The number of carbonyl (C=O) groups is 2. The van der Waals surface area contributed by atoms with E-state index in [9.17, 15) is 9.59 Å². The third-order valence-electron chi connectivity index (χ3n) is 4.85. The molecule has 6 heteroatoms. The number of aromatic nitrogens is 1. The van der Waals surface area contributed by atoms with Crippen LogP contribution in [-0.2, 0) is 4.79 Å². The van der Waals surface area contributed by atoms with Crippen molar-refractivity contribution in [2.24, 2.45) is 0 Å². The summed E-state index contributed by atoms with van der Waals surface area (Å²) in [4.78, 5) is 31.3. The smallest absolute Gasteiger partial charge is 0.223 e. The van der Waals surface area contributed by atoms with E-state index in [4.69, 9.17) is 4.74 Å². The number of piperazine rings is 1. The number of ketones is 1. The summed E-state index contributed by atoms with van der Waals surface area (Å²) in [5.41, 5.74) is 1.62. The average Bonchev–Trinajstić information content (AvgIpc) is 2.76. The zero-order chi connectivity index (χ0) is 19.8. The highest BCUT2D eigenvalue weighted by molar-refractivity contribution is 5.98. The number of amides is 1. The number of nitrogens with zero attached hydrogens (tertiary/aromatic N) is 2. The van der Waals surface area contributed by atoms with Crippen molar-refractivity contribution in [3.8, 4) is 5.75 Å². The normalized spacial score (nSPS) is 16.6. The SMILES string of the molecule is CCCOc1ccc(C(=O)CCC(=O)N2CCNCC2c2cccnc2)cc1. The summed E-state index contributed by atoms with van der Waals surface area (Å²) in [6.07, 6.45) is 4.88. The molecular weight excluding hydrogens is 354 g/mol. The molecule has 1 atom stereocenters. The molecule has 6 nitrogen and oxygen atoms in total. The number of Topliss-reactive ketones (excluding diaryl/α,β-unsaturated/α-hetero) is 1. The Morgan fingerprint density at radius 3 is 2.75 bits per heavy atom. The molecule has 1 saturated heterocycles. The van der Waals surface area contributed by atoms with Gasteiger partial charge in [-0.1, -0.05) is 13.0 Å². The van der Waals surface area contributed by atoms with Crippen LogP contribution in [0.15, 0.2) is 48.8 Å². The maximum absolute atomic E-state index is 12.8. The van der Waals surface area contributed by atoms with Gasteiger partial charge in [0.15, 0.2) is 5.78 Å². The molecule has 0 spiro atoms. The third-order valence-corrected chi connectivity index (χ3v) is 4.85. The first-order valence-corrected chi connectivity index (χ1v) is 9.85. The minimum Gasteiger partial charge on any atom is -0.494 e. The van der Waals surface area contributed by atoms with E-state index in [0.717, 1.165) is 24.3 Å². The van der Waals surface area contributed by atoms with Crippen LogP contribution in [-0.4, -0.2) is 47.8 Å². The molecule has 3 rings (SSSR count). The lowest BCUT2D eigenvalue weighted by atomic mass is 10.0. The minimum absolute atomic E-state index is 0.00611. The number of ether oxygens (including phenoxy) is 1. The van der Waals surface area contributed by atoms with Crippen molar-refractivity contribution in [3.63, 3.8) is 0 Å². The number of hydrogen-bond acceptors (Lipinski definition) is 5. The molecule has 1 N–H and O–H groups in total. The molecule has 0 aliphatic carbocycles. The van der Waals surface area contributed by atoms with Gasteiger partial charge in [-0.2, -0.15) is 0 Å². The van der Waals surface area contributed by atoms with Crippen LogP contribution in [0.2, 0.25) is 0 Å². The van der Waals surface area contributed by atoms with Gasteiger partial charge in [0, 0.05) is 50.4 Å². The molecule has 2 aromatic rings. The largest absolute Gasteiger partial charge is 0.494 e. The first-order chi connectivity index (χ1) is 13.7. The van der Waals surface area contributed by atoms with Crippen molar-refractivity contribution in [2.75, 3.05) is 26.2 Å². The van der Waals surface area contributed by atoms with Gasteiger partial charge in [0.2, 0.25) is 5.91 Å². The molecule has 1 unspecified atom stereocenters. The molecule has 148 valence electrons. The van der Waals surface area contributed by atoms with Crippen LogP contribution in [0, 0.1) is 0 Å². The highest BCUT2D eigenvalue weighted by Crippen LogP contribution is 2.23. The molecule has 2 heterocycles. The number of carbonyl (C=O) groups excluding carboxylic acids is 2. The highest BCUT2D eigenvalue weighted by Gasteiger charge is 2.28. The van der Waals surface area contributed by atoms with Crippen LogP contribution in [0.4, 0.5) is 0 Å². The van der Waals surface area contributed by atoms with Gasteiger partial charge in [-0.3, -0.25) is 14.6 Å². The number of nitrogens with one attached hydrogen (secondary N) is 1. The monoisotopic (exact) mass is 381 g/mol. The van der Waals surface area contributed by atoms with Crippen LogP contribution in [0.5, 0.6) is 5.75 Å². The molecule has 1 aliphatic heterocycles. The van der Waals surface area contributed by atoms with Crippen LogP contribution >= 0.6 is 0 Å². The maximum atomic E-state index is 12.8. The molecule has 1 aliphatic rings. The number of benzene rings is 1. The standard InChI is InChI=1S/C22H27N3O3/c1-2-14-28-19-7-5-17(6-8-19)21(26)9-10-22(27)25-13-12-24-16-20(25)18-4-3-11-23-15-18/h3-8,11,15,20,24H,2,9-10,12-14,16H2,1H3. The molecule has 1 aromatic carbocycles. The summed E-state index contributed by atoms with van der Waals surface area (Å²) in [7, 11) is 0. The van der Waals surface area contributed by atoms with E-state index >= 15 is 0 Å². The summed E-state index contributed by atoms with van der Waals surface area (Å²) in [6, 6.07) is 11.0. The van der Waals surface area contributed by atoms with Crippen molar-refractivity contribution >= 4 is 11.7 Å². The molecule has 1 fully saturated rings. The van der Waals surface area contributed by atoms with Crippen LogP contribution in [0.25, 0.3) is 0 Å². The van der Waals surface area contributed by atoms with Crippen LogP contribution in [0.1, 0.15) is 48.1 Å². The van der Waals surface area contributed by atoms with E-state index in [2.05, 4.69) is 10.3 Å². The predicted octanol–water partition coefficient (Wildman–Crippen LogP) is 3.01. The second kappa shape index (κ2) is 9.99. The Hall–Kier alpha value is -2.73. The topological polar surface area (TPSA) is 71.5 Å². The van der Waals surface area contributed by atoms with Gasteiger partial charge in [0.05, 0.1) is 12.6 Å². The van der Waals surface area contributed by atoms with Gasteiger partial charge in [-0.15, -0.1) is 0 Å². The second-order valence-electron chi connectivity index (χ2n) is 6.89. The number of pyridine rings is 1. The van der Waals surface area contributed by atoms with Gasteiger partial charge in [-0.05, 0) is 42.3 Å². The van der Waals surface area contributed by atoms with Crippen molar-refractivity contribution in [2.45, 2.75) is 32.2 Å². The van der Waals surface area contributed by atoms with E-state index in [1.54, 1.807) is 36.7 Å². The number of rotatable bonds is 8. The fourth-order valence-corrected chi connectivity index (χ4v) is 3.34. The molecule has 0 radical (unpaired) electrons. The average molecular weight is 381 g/mol. The summed E-state index contributed by atoms with van der Waals surface area (Å²) in [5.74, 6) is 0.740. The van der Waals surface area contributed by atoms with Crippen molar-refractivity contribution in [3.05, 3.63) is 59.9 Å². The molecule has 28 heavy (non-hydrogen) atoms. The number of hydrogen-bond donors (Lipinski definition) is 1. The van der Waals surface area contributed by atoms with Gasteiger partial charge < -0.3 is 15.0 Å². The first kappa shape index (κ1) is 20.0. The van der Waals surface area contributed by atoms with Gasteiger partial charge >= 0.3 is 0 Å². The Balaban J connectivity index is 1.57. The van der Waals surface area contributed by atoms with E-state index in [1.807, 2.05) is 24.0 Å². The van der Waals surface area contributed by atoms with Crippen molar-refractivity contribution in [1.82, 2.24) is 15.2 Å².